The minimum atomic E-state index is 0.676. The molecule has 4 heteroatoms. The van der Waals surface area contributed by atoms with Gasteiger partial charge < -0.3 is 20.7 Å². The average molecular weight is 223 g/mol. The molecule has 4 nitrogen and oxygen atoms in total. The third-order valence-corrected chi connectivity index (χ3v) is 2.58. The van der Waals surface area contributed by atoms with Gasteiger partial charge in [-0.1, -0.05) is 0 Å². The Labute approximate surface area is 97.4 Å². The third-order valence-electron chi connectivity index (χ3n) is 2.58. The molecule has 0 radical (unpaired) electrons. The highest BCUT2D eigenvalue weighted by Gasteiger charge is 2.04. The lowest BCUT2D eigenvalue weighted by Gasteiger charge is -2.20. The molecule has 0 heterocycles. The standard InChI is InChI=1S/C12H21N3O/c1-14-7-4-8-15(2)10-5-6-11(13)12(9-10)16-3/h5-6,9,14H,4,7-8,13H2,1-3H3. The van der Waals surface area contributed by atoms with E-state index < -0.39 is 0 Å². The summed E-state index contributed by atoms with van der Waals surface area (Å²) in [5.41, 5.74) is 7.57. The maximum atomic E-state index is 5.77. The average Bonchev–Trinajstić information content (AvgIpc) is 2.30. The fourth-order valence-electron chi connectivity index (χ4n) is 1.56. The molecule has 90 valence electrons. The lowest BCUT2D eigenvalue weighted by atomic mass is 10.2. The van der Waals surface area contributed by atoms with Gasteiger partial charge in [0.25, 0.3) is 0 Å². The summed E-state index contributed by atoms with van der Waals surface area (Å²) in [7, 11) is 5.67. The molecule has 1 aromatic rings. The van der Waals surface area contributed by atoms with E-state index in [1.807, 2.05) is 25.2 Å². The molecule has 0 spiro atoms. The van der Waals surface area contributed by atoms with Gasteiger partial charge in [0.2, 0.25) is 0 Å². The van der Waals surface area contributed by atoms with Gasteiger partial charge in [-0.05, 0) is 32.1 Å². The van der Waals surface area contributed by atoms with Crippen LogP contribution in [0.2, 0.25) is 0 Å². The molecule has 0 fully saturated rings. The van der Waals surface area contributed by atoms with Crippen LogP contribution in [0.1, 0.15) is 6.42 Å². The molecule has 0 bridgehead atoms. The van der Waals surface area contributed by atoms with Crippen LogP contribution in [-0.2, 0) is 0 Å². The molecule has 16 heavy (non-hydrogen) atoms. The molecular formula is C12H21N3O. The van der Waals surface area contributed by atoms with Crippen molar-refractivity contribution in [2.24, 2.45) is 0 Å². The molecule has 1 aromatic carbocycles. The lowest BCUT2D eigenvalue weighted by Crippen LogP contribution is -2.22. The van der Waals surface area contributed by atoms with E-state index >= 15 is 0 Å². The monoisotopic (exact) mass is 223 g/mol. The molecule has 1 rings (SSSR count). The van der Waals surface area contributed by atoms with Crippen molar-refractivity contribution < 1.29 is 4.74 Å². The first kappa shape index (κ1) is 12.6. The molecule has 0 unspecified atom stereocenters. The van der Waals surface area contributed by atoms with Gasteiger partial charge in [0.05, 0.1) is 12.8 Å². The maximum Gasteiger partial charge on any atom is 0.143 e. The van der Waals surface area contributed by atoms with Crippen molar-refractivity contribution in [3.63, 3.8) is 0 Å². The Bertz CT molecular complexity index is 328. The van der Waals surface area contributed by atoms with Gasteiger partial charge in [0.1, 0.15) is 5.75 Å². The summed E-state index contributed by atoms with van der Waals surface area (Å²) in [6.45, 7) is 2.03. The van der Waals surface area contributed by atoms with E-state index in [0.717, 1.165) is 30.9 Å². The smallest absolute Gasteiger partial charge is 0.143 e. The zero-order valence-electron chi connectivity index (χ0n) is 10.3. The van der Waals surface area contributed by atoms with Crippen LogP contribution in [-0.4, -0.2) is 34.3 Å². The van der Waals surface area contributed by atoms with Gasteiger partial charge in [-0.15, -0.1) is 0 Å². The number of nitrogen functional groups attached to an aromatic ring is 1. The number of benzene rings is 1. The fourth-order valence-corrected chi connectivity index (χ4v) is 1.56. The molecule has 0 aliphatic carbocycles. The Morgan fingerprint density at radius 3 is 2.81 bits per heavy atom. The second-order valence-electron chi connectivity index (χ2n) is 3.80. The quantitative estimate of drug-likeness (QED) is 0.564. The van der Waals surface area contributed by atoms with Gasteiger partial charge in [-0.25, -0.2) is 0 Å². The normalized spacial score (nSPS) is 10.2. The number of hydrogen-bond acceptors (Lipinski definition) is 4. The van der Waals surface area contributed by atoms with Gasteiger partial charge in [-0.3, -0.25) is 0 Å². The Balaban J connectivity index is 2.64. The highest BCUT2D eigenvalue weighted by atomic mass is 16.5. The van der Waals surface area contributed by atoms with Crippen LogP contribution in [0.4, 0.5) is 11.4 Å². The Morgan fingerprint density at radius 2 is 2.19 bits per heavy atom. The van der Waals surface area contributed by atoms with Crippen molar-refractivity contribution in [1.82, 2.24) is 5.32 Å². The molecule has 0 amide bonds. The molecular weight excluding hydrogens is 202 g/mol. The number of ether oxygens (including phenoxy) is 1. The largest absolute Gasteiger partial charge is 0.495 e. The number of nitrogens with one attached hydrogen (secondary N) is 1. The number of hydrogen-bond donors (Lipinski definition) is 2. The van der Waals surface area contributed by atoms with Crippen molar-refractivity contribution in [1.29, 1.82) is 0 Å². The molecule has 0 saturated carbocycles. The number of methoxy groups -OCH3 is 1. The summed E-state index contributed by atoms with van der Waals surface area (Å²) in [6, 6.07) is 5.86. The highest BCUT2D eigenvalue weighted by Crippen LogP contribution is 2.26. The van der Waals surface area contributed by atoms with Crippen LogP contribution >= 0.6 is 0 Å². The second-order valence-corrected chi connectivity index (χ2v) is 3.80. The van der Waals surface area contributed by atoms with Crippen LogP contribution in [0.5, 0.6) is 5.75 Å². The zero-order valence-corrected chi connectivity index (χ0v) is 10.3. The van der Waals surface area contributed by atoms with Crippen molar-refractivity contribution in [3.8, 4) is 5.75 Å². The summed E-state index contributed by atoms with van der Waals surface area (Å²) >= 11 is 0. The van der Waals surface area contributed by atoms with Gasteiger partial charge in [0, 0.05) is 25.3 Å². The first-order chi connectivity index (χ1) is 7.69. The van der Waals surface area contributed by atoms with Crippen LogP contribution in [0.3, 0.4) is 0 Å². The van der Waals surface area contributed by atoms with E-state index in [1.165, 1.54) is 0 Å². The Morgan fingerprint density at radius 1 is 1.44 bits per heavy atom. The molecule has 0 aliphatic rings. The van der Waals surface area contributed by atoms with Crippen LogP contribution in [0.15, 0.2) is 18.2 Å². The number of nitrogens with zero attached hydrogens (tertiary/aromatic N) is 1. The highest BCUT2D eigenvalue weighted by molar-refractivity contribution is 5.62. The van der Waals surface area contributed by atoms with E-state index in [0.29, 0.717) is 5.69 Å². The van der Waals surface area contributed by atoms with Crippen LogP contribution in [0, 0.1) is 0 Å². The predicted octanol–water partition coefficient (Wildman–Crippen LogP) is 1.32. The molecule has 0 saturated heterocycles. The van der Waals surface area contributed by atoms with E-state index in [1.54, 1.807) is 7.11 Å². The van der Waals surface area contributed by atoms with Crippen molar-refractivity contribution >= 4 is 11.4 Å². The number of anilines is 2. The van der Waals surface area contributed by atoms with Crippen molar-refractivity contribution in [2.75, 3.05) is 44.9 Å². The predicted molar refractivity (Wildman–Crippen MR) is 69.2 cm³/mol. The van der Waals surface area contributed by atoms with E-state index in [2.05, 4.69) is 17.3 Å². The van der Waals surface area contributed by atoms with Crippen molar-refractivity contribution in [3.05, 3.63) is 18.2 Å². The second kappa shape index (κ2) is 6.23. The van der Waals surface area contributed by atoms with E-state index in [4.69, 9.17) is 10.5 Å². The van der Waals surface area contributed by atoms with E-state index in [-0.39, 0.29) is 0 Å². The summed E-state index contributed by atoms with van der Waals surface area (Å²) < 4.78 is 5.20. The minimum Gasteiger partial charge on any atom is -0.495 e. The van der Waals surface area contributed by atoms with Crippen LogP contribution in [0.25, 0.3) is 0 Å². The molecule has 3 N–H and O–H groups in total. The Kier molecular flexibility index (Phi) is 4.92. The SMILES string of the molecule is CNCCCN(C)c1ccc(N)c(OC)c1. The van der Waals surface area contributed by atoms with Gasteiger partial charge >= 0.3 is 0 Å². The first-order valence-corrected chi connectivity index (χ1v) is 5.48. The number of nitrogens with two attached hydrogens (primary N) is 1. The Hall–Kier alpha value is -1.42. The maximum absolute atomic E-state index is 5.77. The molecule has 0 aromatic heterocycles. The first-order valence-electron chi connectivity index (χ1n) is 5.48. The summed E-state index contributed by atoms with van der Waals surface area (Å²) in [5, 5.41) is 3.13. The zero-order chi connectivity index (χ0) is 12.0. The van der Waals surface area contributed by atoms with Crippen molar-refractivity contribution in [2.45, 2.75) is 6.42 Å². The van der Waals surface area contributed by atoms with Gasteiger partial charge in [0.15, 0.2) is 0 Å². The molecule has 0 atom stereocenters. The minimum absolute atomic E-state index is 0.676. The number of rotatable bonds is 6. The van der Waals surface area contributed by atoms with E-state index in [9.17, 15) is 0 Å². The van der Waals surface area contributed by atoms with Crippen LogP contribution < -0.4 is 20.7 Å². The topological polar surface area (TPSA) is 50.5 Å². The third kappa shape index (κ3) is 3.31. The summed E-state index contributed by atoms with van der Waals surface area (Å²) in [6.07, 6.45) is 1.11. The summed E-state index contributed by atoms with van der Waals surface area (Å²) in [5.74, 6) is 0.734. The summed E-state index contributed by atoms with van der Waals surface area (Å²) in [4.78, 5) is 2.19. The van der Waals surface area contributed by atoms with Gasteiger partial charge in [-0.2, -0.15) is 0 Å². The lowest BCUT2D eigenvalue weighted by molar-refractivity contribution is 0.417. The fraction of sp³-hybridized carbons (Fsp3) is 0.500. The molecule has 0 aliphatic heterocycles.